The zero-order valence-corrected chi connectivity index (χ0v) is 35.5. The van der Waals surface area contributed by atoms with E-state index in [9.17, 15) is 9.59 Å². The maximum Gasteiger partial charge on any atom is 0.321 e. The molecule has 1 saturated heterocycles. The topological polar surface area (TPSA) is 142 Å². The largest absolute Gasteiger partial charge is 0.414 e. The molecule has 1 aliphatic heterocycles. The van der Waals surface area contributed by atoms with Crippen LogP contribution in [0.25, 0.3) is 11.2 Å². The first-order chi connectivity index (χ1) is 22.6. The van der Waals surface area contributed by atoms with Gasteiger partial charge in [0.15, 0.2) is 39.8 Å². The van der Waals surface area contributed by atoms with Crippen LogP contribution >= 0.6 is 45.8 Å². The minimum atomic E-state index is -2.50. The molecule has 270 valence electrons. The Hall–Kier alpha value is -1.87. The molecule has 0 spiro atoms. The summed E-state index contributed by atoms with van der Waals surface area (Å²) in [7, 11) is -4.74. The smallest absolute Gasteiger partial charge is 0.321 e. The molecule has 1 aromatic carbocycles. The number of ether oxygens (including phenoxy) is 1. The van der Waals surface area contributed by atoms with Gasteiger partial charge >= 0.3 is 6.03 Å². The van der Waals surface area contributed by atoms with Crippen molar-refractivity contribution in [1.29, 1.82) is 0 Å². The summed E-state index contributed by atoms with van der Waals surface area (Å²) in [6.45, 7) is 22.2. The molecule has 0 bridgehead atoms. The van der Waals surface area contributed by atoms with E-state index in [1.807, 2.05) is 18.2 Å². The van der Waals surface area contributed by atoms with Gasteiger partial charge in [0.25, 0.3) is 0 Å². The Bertz CT molecular complexity index is 1660. The van der Waals surface area contributed by atoms with Crippen LogP contribution in [0, 0.1) is 3.57 Å². The second-order valence-corrected chi connectivity index (χ2v) is 26.7. The van der Waals surface area contributed by atoms with Gasteiger partial charge in [-0.3, -0.25) is 14.7 Å². The van der Waals surface area contributed by atoms with Gasteiger partial charge in [-0.1, -0.05) is 53.7 Å². The maximum absolute atomic E-state index is 13.2. The number of benzene rings is 1. The van der Waals surface area contributed by atoms with Gasteiger partial charge in [-0.15, -0.1) is 11.6 Å². The van der Waals surface area contributed by atoms with Crippen LogP contribution in [0.4, 0.5) is 10.6 Å². The molecule has 17 heteroatoms. The number of anilines is 1. The number of nitrogens with one attached hydrogen (secondary N) is 3. The lowest BCUT2D eigenvalue weighted by Gasteiger charge is -2.41. The fourth-order valence-electron chi connectivity index (χ4n) is 4.81. The average molecular weight is 865 g/mol. The number of nitrogens with zero attached hydrogens (tertiary/aromatic N) is 4. The van der Waals surface area contributed by atoms with Gasteiger partial charge in [0, 0.05) is 10.1 Å². The van der Waals surface area contributed by atoms with Crippen LogP contribution in [0.1, 0.15) is 53.3 Å². The number of halogens is 3. The zero-order chi connectivity index (χ0) is 36.5. The molecule has 4 atom stereocenters. The Morgan fingerprint density at radius 2 is 1.73 bits per heavy atom. The second-order valence-electron chi connectivity index (χ2n) is 15.3. The Morgan fingerprint density at radius 3 is 2.35 bits per heavy atom. The number of carbonyl (C=O) groups is 2. The third-order valence-corrected chi connectivity index (χ3v) is 19.7. The predicted molar refractivity (Wildman–Crippen MR) is 207 cm³/mol. The highest BCUT2D eigenvalue weighted by atomic mass is 127. The van der Waals surface area contributed by atoms with Crippen molar-refractivity contribution in [2.75, 3.05) is 17.8 Å². The minimum Gasteiger partial charge on any atom is -0.414 e. The molecule has 0 unspecified atom stereocenters. The summed E-state index contributed by atoms with van der Waals surface area (Å²) in [5, 5.41) is 8.42. The van der Waals surface area contributed by atoms with E-state index in [4.69, 9.17) is 41.8 Å². The van der Waals surface area contributed by atoms with Gasteiger partial charge in [0.05, 0.1) is 19.0 Å². The number of imide groups is 1. The van der Waals surface area contributed by atoms with E-state index in [0.29, 0.717) is 23.5 Å². The van der Waals surface area contributed by atoms with Crippen LogP contribution in [0.2, 0.25) is 41.5 Å². The summed E-state index contributed by atoms with van der Waals surface area (Å²) in [5.41, 5.74) is 2.01. The van der Waals surface area contributed by atoms with Crippen LogP contribution in [0.5, 0.6) is 0 Å². The molecule has 49 heavy (non-hydrogen) atoms. The SMILES string of the molecule is CC(C)(C)[Si](C)(C)OC[C@H]1O[C@@H](n2cnc3c(NCc4cccc(I)c4)nc(Cl)nc32)[C@H](O[Si](C)(C)C(C)(C)C)[C@@H]1NC(=O)NC(=O)CCl. The number of aromatic nitrogens is 4. The highest BCUT2D eigenvalue weighted by molar-refractivity contribution is 14.1. The summed E-state index contributed by atoms with van der Waals surface area (Å²) in [4.78, 5) is 39.0. The number of urea groups is 1. The van der Waals surface area contributed by atoms with Crippen molar-refractivity contribution >= 4 is 91.3 Å². The van der Waals surface area contributed by atoms with Gasteiger partial charge in [0.2, 0.25) is 11.2 Å². The second kappa shape index (κ2) is 15.4. The predicted octanol–water partition coefficient (Wildman–Crippen LogP) is 7.44. The third-order valence-electron chi connectivity index (χ3n) is 9.69. The number of alkyl halides is 1. The number of hydrogen-bond donors (Lipinski definition) is 3. The molecule has 1 fully saturated rings. The first-order valence-corrected chi connectivity index (χ1v) is 24.0. The molecule has 0 aliphatic carbocycles. The molecular weight excluding hydrogens is 816 g/mol. The van der Waals surface area contributed by atoms with Crippen molar-refractivity contribution < 1.29 is 23.2 Å². The van der Waals surface area contributed by atoms with Crippen LogP contribution in [-0.2, 0) is 24.9 Å². The first kappa shape index (κ1) is 39.9. The summed E-state index contributed by atoms with van der Waals surface area (Å²) in [6.07, 6.45) is -0.543. The van der Waals surface area contributed by atoms with E-state index in [1.54, 1.807) is 10.9 Å². The molecule has 1 aliphatic rings. The summed E-state index contributed by atoms with van der Waals surface area (Å²) >= 11 is 14.5. The molecular formula is C32H48Cl2IN7O5Si2. The third kappa shape index (κ3) is 9.52. The van der Waals surface area contributed by atoms with Crippen molar-refractivity contribution in [1.82, 2.24) is 30.2 Å². The normalized spacial score (nSPS) is 20.4. The van der Waals surface area contributed by atoms with E-state index < -0.39 is 53.1 Å². The number of imidazole rings is 1. The molecule has 3 heterocycles. The van der Waals surface area contributed by atoms with Crippen molar-refractivity contribution in [3.63, 3.8) is 0 Å². The summed E-state index contributed by atoms with van der Waals surface area (Å²) < 4.78 is 23.4. The Morgan fingerprint density at radius 1 is 1.06 bits per heavy atom. The molecule has 3 aromatic rings. The fraction of sp³-hybridized carbons (Fsp3) is 0.594. The Labute approximate surface area is 314 Å². The van der Waals surface area contributed by atoms with Gasteiger partial charge in [0.1, 0.15) is 18.1 Å². The lowest BCUT2D eigenvalue weighted by molar-refractivity contribution is -0.117. The number of carbonyl (C=O) groups excluding carboxylic acids is 2. The van der Waals surface area contributed by atoms with E-state index in [0.717, 1.165) is 9.13 Å². The van der Waals surface area contributed by atoms with Crippen molar-refractivity contribution in [2.45, 2.75) is 109 Å². The molecule has 12 nitrogen and oxygen atoms in total. The molecule has 0 radical (unpaired) electrons. The zero-order valence-electron chi connectivity index (χ0n) is 29.8. The van der Waals surface area contributed by atoms with E-state index >= 15 is 0 Å². The van der Waals surface area contributed by atoms with Crippen molar-refractivity contribution in [3.05, 3.63) is 45.0 Å². The standard InChI is InChI=1S/C32H48Cl2IN7O5Si2/c1-31(2,3)48(7,8)45-17-21-23(39-30(44)38-22(43)15-33)25(47-49(9,10)32(4,5)6)28(46-21)42-18-37-24-26(40-29(34)41-27(24)42)36-16-19-12-11-13-20(35)14-19/h11-14,18,21,23,25,28H,15-17H2,1-10H3,(H,36,40,41)(H2,38,39,43,44)/t21-,23-,25-,28-/m1/s1. The number of rotatable bonds is 11. The molecule has 2 aromatic heterocycles. The van der Waals surface area contributed by atoms with Gasteiger partial charge in [-0.05, 0) is 88.2 Å². The number of amides is 3. The van der Waals surface area contributed by atoms with E-state index in [2.05, 4.69) is 122 Å². The van der Waals surface area contributed by atoms with Crippen LogP contribution in [0.15, 0.2) is 30.6 Å². The van der Waals surface area contributed by atoms with Crippen LogP contribution in [-0.4, -0.2) is 78.8 Å². The number of fused-ring (bicyclic) bond motifs is 1. The lowest BCUT2D eigenvalue weighted by atomic mass is 10.1. The van der Waals surface area contributed by atoms with Gasteiger partial charge in [-0.25, -0.2) is 9.78 Å². The van der Waals surface area contributed by atoms with Gasteiger partial charge < -0.3 is 24.2 Å². The van der Waals surface area contributed by atoms with Crippen molar-refractivity contribution in [2.24, 2.45) is 0 Å². The molecule has 0 saturated carbocycles. The molecule has 3 N–H and O–H groups in total. The summed E-state index contributed by atoms with van der Waals surface area (Å²) in [6, 6.07) is 6.71. The van der Waals surface area contributed by atoms with Crippen LogP contribution < -0.4 is 16.0 Å². The highest BCUT2D eigenvalue weighted by Crippen LogP contribution is 2.44. The summed E-state index contributed by atoms with van der Waals surface area (Å²) in [5.74, 6) is -0.512. The van der Waals surface area contributed by atoms with Gasteiger partial charge in [-0.2, -0.15) is 9.97 Å². The monoisotopic (exact) mass is 863 g/mol. The molecule has 3 amide bonds. The molecule has 4 rings (SSSR count). The van der Waals surface area contributed by atoms with E-state index in [1.165, 1.54) is 0 Å². The Balaban J connectivity index is 1.79. The first-order valence-electron chi connectivity index (χ1n) is 16.2. The minimum absolute atomic E-state index is 0.0331. The lowest BCUT2D eigenvalue weighted by Crippen LogP contribution is -2.57. The average Bonchev–Trinajstić information content (AvgIpc) is 3.54. The Kier molecular flexibility index (Phi) is 12.5. The number of hydrogen-bond acceptors (Lipinski definition) is 9. The van der Waals surface area contributed by atoms with Crippen LogP contribution in [0.3, 0.4) is 0 Å². The highest BCUT2D eigenvalue weighted by Gasteiger charge is 2.52. The maximum atomic E-state index is 13.2. The fourth-order valence-corrected chi connectivity index (χ4v) is 7.96. The van der Waals surface area contributed by atoms with Crippen molar-refractivity contribution in [3.8, 4) is 0 Å². The van der Waals surface area contributed by atoms with E-state index in [-0.39, 0.29) is 27.8 Å². The quantitative estimate of drug-likeness (QED) is 0.0777.